The van der Waals surface area contributed by atoms with Gasteiger partial charge in [0.05, 0.1) is 11.3 Å². The monoisotopic (exact) mass is 469 g/mol. The molecule has 0 saturated heterocycles. The van der Waals surface area contributed by atoms with Crippen LogP contribution < -0.4 is 10.6 Å². The summed E-state index contributed by atoms with van der Waals surface area (Å²) in [5.41, 5.74) is 4.32. The third-order valence-electron chi connectivity index (χ3n) is 6.84. The van der Waals surface area contributed by atoms with Gasteiger partial charge in [0.15, 0.2) is 0 Å². The van der Waals surface area contributed by atoms with E-state index in [9.17, 15) is 4.79 Å². The van der Waals surface area contributed by atoms with Crippen LogP contribution in [0.3, 0.4) is 0 Å². The van der Waals surface area contributed by atoms with Crippen LogP contribution in [-0.4, -0.2) is 24.0 Å². The summed E-state index contributed by atoms with van der Waals surface area (Å²) in [6.45, 7) is 1.37. The van der Waals surface area contributed by atoms with Crippen molar-refractivity contribution >= 4 is 23.2 Å². The highest BCUT2D eigenvalue weighted by Gasteiger charge is 2.33. The molecule has 0 aliphatic heterocycles. The lowest BCUT2D eigenvalue weighted by Gasteiger charge is -2.35. The zero-order chi connectivity index (χ0) is 23.4. The van der Waals surface area contributed by atoms with E-state index in [1.54, 1.807) is 6.20 Å². The first-order chi connectivity index (χ1) is 16.6. The minimum absolute atomic E-state index is 0.0834. The number of rotatable bonds is 8. The van der Waals surface area contributed by atoms with Crippen LogP contribution in [0.1, 0.15) is 48.0 Å². The van der Waals surface area contributed by atoms with Gasteiger partial charge in [-0.1, -0.05) is 54.1 Å². The average molecular weight is 470 g/mol. The van der Waals surface area contributed by atoms with E-state index < -0.39 is 0 Å². The highest BCUT2D eigenvalue weighted by atomic mass is 35.5. The largest absolute Gasteiger partial charge is 0.383 e. The van der Waals surface area contributed by atoms with Crippen LogP contribution in [-0.2, 0) is 5.41 Å². The molecule has 2 N–H and O–H groups in total. The van der Waals surface area contributed by atoms with E-state index >= 15 is 0 Å². The molecule has 0 spiro atoms. The SMILES string of the molecule is O=C(NCC1CC1)c1cncc(-c2ccccc2)c1NCC1(c2cccc(Cl)c2)CC#CCC1. The van der Waals surface area contributed by atoms with Gasteiger partial charge in [-0.25, -0.2) is 0 Å². The van der Waals surface area contributed by atoms with Crippen LogP contribution in [0.25, 0.3) is 11.1 Å². The number of aromatic nitrogens is 1. The molecule has 0 bridgehead atoms. The van der Waals surface area contributed by atoms with Crippen LogP contribution in [0, 0.1) is 17.8 Å². The number of benzene rings is 2. The Morgan fingerprint density at radius 3 is 2.68 bits per heavy atom. The number of carbonyl (C=O) groups excluding carboxylic acids is 1. The highest BCUT2D eigenvalue weighted by Crippen LogP contribution is 2.38. The maximum atomic E-state index is 13.2. The summed E-state index contributed by atoms with van der Waals surface area (Å²) in [6.07, 6.45) is 8.40. The van der Waals surface area contributed by atoms with Crippen LogP contribution in [0.5, 0.6) is 0 Å². The summed E-state index contributed by atoms with van der Waals surface area (Å²) >= 11 is 6.36. The number of hydrogen-bond acceptors (Lipinski definition) is 3. The molecule has 1 saturated carbocycles. The fraction of sp³-hybridized carbons (Fsp3) is 0.310. The van der Waals surface area contributed by atoms with E-state index in [2.05, 4.69) is 33.5 Å². The predicted octanol–water partition coefficient (Wildman–Crippen LogP) is 6.08. The van der Waals surface area contributed by atoms with Gasteiger partial charge in [0.1, 0.15) is 0 Å². The number of carbonyl (C=O) groups is 1. The molecule has 3 aromatic rings. The van der Waals surface area contributed by atoms with Crippen molar-refractivity contribution in [3.05, 3.63) is 83.1 Å². The Morgan fingerprint density at radius 2 is 1.94 bits per heavy atom. The first-order valence-corrected chi connectivity index (χ1v) is 12.3. The van der Waals surface area contributed by atoms with Crippen LogP contribution >= 0.6 is 11.6 Å². The Kier molecular flexibility index (Phi) is 6.56. The third-order valence-corrected chi connectivity index (χ3v) is 7.08. The lowest BCUT2D eigenvalue weighted by molar-refractivity contribution is 0.0952. The van der Waals surface area contributed by atoms with Gasteiger partial charge in [-0.05, 0) is 48.4 Å². The van der Waals surface area contributed by atoms with E-state index in [0.29, 0.717) is 18.0 Å². The molecule has 172 valence electrons. The Hall–Kier alpha value is -3.29. The van der Waals surface area contributed by atoms with Gasteiger partial charge >= 0.3 is 0 Å². The van der Waals surface area contributed by atoms with E-state index in [4.69, 9.17) is 11.6 Å². The van der Waals surface area contributed by atoms with Crippen molar-refractivity contribution in [2.45, 2.75) is 37.5 Å². The van der Waals surface area contributed by atoms with Crippen LogP contribution in [0.15, 0.2) is 67.0 Å². The average Bonchev–Trinajstić information content (AvgIpc) is 3.72. The number of nitrogens with one attached hydrogen (secondary N) is 2. The quantitative estimate of drug-likeness (QED) is 0.393. The predicted molar refractivity (Wildman–Crippen MR) is 138 cm³/mol. The molecule has 1 fully saturated rings. The van der Waals surface area contributed by atoms with Crippen molar-refractivity contribution in [1.29, 1.82) is 0 Å². The lowest BCUT2D eigenvalue weighted by Crippen LogP contribution is -2.36. The van der Waals surface area contributed by atoms with Gasteiger partial charge in [0.2, 0.25) is 0 Å². The number of hydrogen-bond donors (Lipinski definition) is 2. The van der Waals surface area contributed by atoms with Gasteiger partial charge in [-0.2, -0.15) is 0 Å². The molecule has 1 heterocycles. The third kappa shape index (κ3) is 4.95. The van der Waals surface area contributed by atoms with Crippen molar-refractivity contribution in [3.63, 3.8) is 0 Å². The molecule has 2 aromatic carbocycles. The topological polar surface area (TPSA) is 54.0 Å². The maximum Gasteiger partial charge on any atom is 0.254 e. The number of nitrogens with zero attached hydrogens (tertiary/aromatic N) is 1. The standard InChI is InChI=1S/C29H28ClN3O/c30-24-11-7-10-23(16-24)29(14-5-2-6-15-29)20-33-27-25(22-8-3-1-4-9-22)18-31-19-26(27)28(34)32-17-21-12-13-21/h1,3-4,7-11,16,18-19,21H,5,12-15,17,20H2,(H,31,33)(H,32,34). The molecule has 2 aliphatic carbocycles. The Balaban J connectivity index is 1.50. The van der Waals surface area contributed by atoms with Crippen molar-refractivity contribution in [3.8, 4) is 23.0 Å². The van der Waals surface area contributed by atoms with Gasteiger partial charge in [0.25, 0.3) is 5.91 Å². The highest BCUT2D eigenvalue weighted by molar-refractivity contribution is 6.30. The minimum atomic E-state index is -0.185. The number of anilines is 1. The summed E-state index contributed by atoms with van der Waals surface area (Å²) in [7, 11) is 0. The molecule has 1 atom stereocenters. The molecular formula is C29H28ClN3O. The van der Waals surface area contributed by atoms with E-state index in [-0.39, 0.29) is 11.3 Å². The van der Waals surface area contributed by atoms with E-state index in [1.807, 2.05) is 54.7 Å². The number of halogens is 1. The molecule has 1 amide bonds. The lowest BCUT2D eigenvalue weighted by atomic mass is 9.72. The van der Waals surface area contributed by atoms with Crippen molar-refractivity contribution in [2.24, 2.45) is 5.92 Å². The van der Waals surface area contributed by atoms with Gasteiger partial charge in [0, 0.05) is 54.3 Å². The molecule has 1 unspecified atom stereocenters. The first-order valence-electron chi connectivity index (χ1n) is 11.9. The Morgan fingerprint density at radius 1 is 1.09 bits per heavy atom. The smallest absolute Gasteiger partial charge is 0.254 e. The fourth-order valence-electron chi connectivity index (χ4n) is 4.60. The molecule has 5 rings (SSSR count). The minimum Gasteiger partial charge on any atom is -0.383 e. The van der Waals surface area contributed by atoms with Gasteiger partial charge in [-0.3, -0.25) is 9.78 Å². The normalized spacial score (nSPS) is 19.1. The number of pyridine rings is 1. The van der Waals surface area contributed by atoms with E-state index in [0.717, 1.165) is 47.6 Å². The summed E-state index contributed by atoms with van der Waals surface area (Å²) < 4.78 is 0. The maximum absolute atomic E-state index is 13.2. The summed E-state index contributed by atoms with van der Waals surface area (Å²) in [6, 6.07) is 18.2. The molecule has 5 heteroatoms. The van der Waals surface area contributed by atoms with Crippen molar-refractivity contribution < 1.29 is 4.79 Å². The summed E-state index contributed by atoms with van der Waals surface area (Å²) in [5, 5.41) is 7.52. The van der Waals surface area contributed by atoms with Crippen LogP contribution in [0.2, 0.25) is 5.02 Å². The summed E-state index contributed by atoms with van der Waals surface area (Å²) in [4.78, 5) is 17.6. The van der Waals surface area contributed by atoms with Gasteiger partial charge in [-0.15, -0.1) is 11.8 Å². The van der Waals surface area contributed by atoms with Crippen LogP contribution in [0.4, 0.5) is 5.69 Å². The summed E-state index contributed by atoms with van der Waals surface area (Å²) in [5.74, 6) is 7.09. The molecule has 4 nitrogen and oxygen atoms in total. The fourth-order valence-corrected chi connectivity index (χ4v) is 4.79. The van der Waals surface area contributed by atoms with Gasteiger partial charge < -0.3 is 10.6 Å². The molecule has 2 aliphatic rings. The zero-order valence-corrected chi connectivity index (χ0v) is 19.9. The molecule has 0 radical (unpaired) electrons. The Labute approximate surface area is 206 Å². The van der Waals surface area contributed by atoms with E-state index in [1.165, 1.54) is 18.4 Å². The molecule has 34 heavy (non-hydrogen) atoms. The number of amides is 1. The molecule has 1 aromatic heterocycles. The zero-order valence-electron chi connectivity index (χ0n) is 19.1. The van der Waals surface area contributed by atoms with Crippen molar-refractivity contribution in [2.75, 3.05) is 18.4 Å². The second-order valence-corrected chi connectivity index (χ2v) is 9.74. The second-order valence-electron chi connectivity index (χ2n) is 9.30. The Bertz CT molecular complexity index is 1240. The molecular weight excluding hydrogens is 442 g/mol. The van der Waals surface area contributed by atoms with Crippen molar-refractivity contribution in [1.82, 2.24) is 10.3 Å². The first kappa shape index (κ1) is 22.5. The second kappa shape index (κ2) is 9.91.